The molecule has 2 aromatic heterocycles. The maximum Gasteiger partial charge on any atom is 0.137 e. The Morgan fingerprint density at radius 1 is 0.455 bits per heavy atom. The fraction of sp³-hybridized carbons (Fsp3) is 0.0192. The van der Waals surface area contributed by atoms with Crippen LogP contribution in [0.2, 0.25) is 0 Å². The van der Waals surface area contributed by atoms with Crippen LogP contribution in [0.3, 0.4) is 0 Å². The summed E-state index contributed by atoms with van der Waals surface area (Å²) in [7, 11) is 0. The van der Waals surface area contributed by atoms with Gasteiger partial charge in [0.25, 0.3) is 0 Å². The van der Waals surface area contributed by atoms with Crippen LogP contribution >= 0.6 is 0 Å². The first-order valence-electron chi connectivity index (χ1n) is 18.9. The molecule has 2 aliphatic rings. The monoisotopic (exact) mass is 700 g/mol. The van der Waals surface area contributed by atoms with Crippen LogP contribution in [0, 0.1) is 0 Å². The molecule has 10 aromatic rings. The highest BCUT2D eigenvalue weighted by molar-refractivity contribution is 6.17. The molecule has 0 unspecified atom stereocenters. The van der Waals surface area contributed by atoms with Gasteiger partial charge in [-0.25, -0.2) is 0 Å². The number of pyridine rings is 1. The molecule has 3 nitrogen and oxygen atoms in total. The second-order valence-corrected chi connectivity index (χ2v) is 14.7. The van der Waals surface area contributed by atoms with E-state index < -0.39 is 5.41 Å². The summed E-state index contributed by atoms with van der Waals surface area (Å²) >= 11 is 0. The van der Waals surface area contributed by atoms with Crippen molar-refractivity contribution < 1.29 is 4.42 Å². The summed E-state index contributed by atoms with van der Waals surface area (Å²) in [5, 5.41) is 4.34. The number of rotatable bonds is 4. The van der Waals surface area contributed by atoms with Gasteiger partial charge < -0.3 is 9.32 Å². The maximum atomic E-state index is 6.66. The fourth-order valence-corrected chi connectivity index (χ4v) is 9.73. The van der Waals surface area contributed by atoms with Crippen LogP contribution in [-0.4, -0.2) is 4.98 Å². The van der Waals surface area contributed by atoms with E-state index in [1.165, 1.54) is 55.6 Å². The van der Waals surface area contributed by atoms with Crippen molar-refractivity contribution in [2.24, 2.45) is 0 Å². The Hall–Kier alpha value is -7.23. The van der Waals surface area contributed by atoms with Gasteiger partial charge in [0.15, 0.2) is 0 Å². The van der Waals surface area contributed by atoms with Crippen molar-refractivity contribution >= 4 is 49.8 Å². The van der Waals surface area contributed by atoms with Crippen molar-refractivity contribution in [1.82, 2.24) is 4.98 Å². The lowest BCUT2D eigenvalue weighted by Crippen LogP contribution is -2.26. The van der Waals surface area contributed by atoms with Gasteiger partial charge in [0.1, 0.15) is 11.2 Å². The molecular formula is C52H32N2O. The quantitative estimate of drug-likeness (QED) is 0.183. The highest BCUT2D eigenvalue weighted by Gasteiger charge is 2.52. The largest absolute Gasteiger partial charge is 0.456 e. The normalized spacial score (nSPS) is 13.2. The number of aromatic nitrogens is 1. The van der Waals surface area contributed by atoms with Crippen molar-refractivity contribution in [2.45, 2.75) is 5.41 Å². The number of hydrogen-bond donors (Lipinski definition) is 0. The van der Waals surface area contributed by atoms with E-state index in [9.17, 15) is 0 Å². The molecule has 0 N–H and O–H groups in total. The van der Waals surface area contributed by atoms with Crippen LogP contribution in [-0.2, 0) is 5.41 Å². The first-order valence-corrected chi connectivity index (χ1v) is 18.9. The third-order valence-corrected chi connectivity index (χ3v) is 11.9. The van der Waals surface area contributed by atoms with Gasteiger partial charge in [-0.2, -0.15) is 0 Å². The molecule has 0 radical (unpaired) electrons. The van der Waals surface area contributed by atoms with Crippen LogP contribution in [0.5, 0.6) is 0 Å². The number of fused-ring (bicyclic) bond motifs is 14. The van der Waals surface area contributed by atoms with E-state index in [0.29, 0.717) is 0 Å². The van der Waals surface area contributed by atoms with E-state index in [2.05, 4.69) is 186 Å². The van der Waals surface area contributed by atoms with Gasteiger partial charge in [0, 0.05) is 34.4 Å². The van der Waals surface area contributed by atoms with Crippen molar-refractivity contribution in [3.63, 3.8) is 0 Å². The van der Waals surface area contributed by atoms with E-state index >= 15 is 0 Å². The predicted octanol–water partition coefficient (Wildman–Crippen LogP) is 13.6. The summed E-state index contributed by atoms with van der Waals surface area (Å²) in [6.07, 6.45) is 3.78. The lowest BCUT2D eigenvalue weighted by molar-refractivity contribution is 0.669. The average molecular weight is 701 g/mol. The number of nitrogens with zero attached hydrogens (tertiary/aromatic N) is 2. The minimum absolute atomic E-state index is 0.446. The smallest absolute Gasteiger partial charge is 0.137 e. The fourth-order valence-electron chi connectivity index (χ4n) is 9.73. The molecule has 0 aliphatic heterocycles. The summed E-state index contributed by atoms with van der Waals surface area (Å²) in [6, 6.07) is 66.4. The Labute approximate surface area is 318 Å². The molecule has 0 amide bonds. The minimum Gasteiger partial charge on any atom is -0.456 e. The molecule has 12 rings (SSSR count). The summed E-state index contributed by atoms with van der Waals surface area (Å²) in [6.45, 7) is 0. The molecule has 0 saturated heterocycles. The van der Waals surface area contributed by atoms with Crippen LogP contribution < -0.4 is 4.90 Å². The Bertz CT molecular complexity index is 3110. The molecule has 1 spiro atoms. The van der Waals surface area contributed by atoms with Crippen LogP contribution in [0.25, 0.3) is 66.1 Å². The molecule has 0 bridgehead atoms. The molecule has 0 saturated carbocycles. The lowest BCUT2D eigenvalue weighted by Gasteiger charge is -2.32. The van der Waals surface area contributed by atoms with Crippen molar-refractivity contribution in [1.29, 1.82) is 0 Å². The Kier molecular flexibility index (Phi) is 6.26. The number of anilines is 3. The van der Waals surface area contributed by atoms with Crippen LogP contribution in [0.15, 0.2) is 199 Å². The molecule has 0 fully saturated rings. The minimum atomic E-state index is -0.446. The van der Waals surface area contributed by atoms with Crippen LogP contribution in [0.4, 0.5) is 17.1 Å². The average Bonchev–Trinajstić information content (AvgIpc) is 3.88. The first kappa shape index (κ1) is 30.3. The van der Waals surface area contributed by atoms with Crippen molar-refractivity contribution in [3.05, 3.63) is 217 Å². The van der Waals surface area contributed by atoms with E-state index in [0.717, 1.165) is 49.8 Å². The number of hydrogen-bond acceptors (Lipinski definition) is 3. The molecule has 55 heavy (non-hydrogen) atoms. The van der Waals surface area contributed by atoms with Gasteiger partial charge in [-0.05, 0) is 104 Å². The molecule has 2 heterocycles. The van der Waals surface area contributed by atoms with E-state index in [4.69, 9.17) is 4.42 Å². The third kappa shape index (κ3) is 4.12. The third-order valence-electron chi connectivity index (χ3n) is 11.9. The molecule has 256 valence electrons. The Morgan fingerprint density at radius 2 is 1.07 bits per heavy atom. The highest BCUT2D eigenvalue weighted by atomic mass is 16.3. The zero-order chi connectivity index (χ0) is 36.1. The van der Waals surface area contributed by atoms with Gasteiger partial charge in [-0.1, -0.05) is 133 Å². The van der Waals surface area contributed by atoms with Gasteiger partial charge in [-0.15, -0.1) is 0 Å². The Morgan fingerprint density at radius 3 is 1.84 bits per heavy atom. The highest BCUT2D eigenvalue weighted by Crippen LogP contribution is 2.64. The second kappa shape index (κ2) is 11.4. The van der Waals surface area contributed by atoms with E-state index in [1.807, 2.05) is 18.5 Å². The second-order valence-electron chi connectivity index (χ2n) is 14.7. The molecule has 2 aliphatic carbocycles. The molecule has 8 aromatic carbocycles. The van der Waals surface area contributed by atoms with Gasteiger partial charge in [0.05, 0.1) is 22.2 Å². The lowest BCUT2D eigenvalue weighted by atomic mass is 9.70. The predicted molar refractivity (Wildman–Crippen MR) is 225 cm³/mol. The number of benzene rings is 8. The molecule has 3 heteroatoms. The van der Waals surface area contributed by atoms with Gasteiger partial charge in [-0.3, -0.25) is 4.98 Å². The zero-order valence-corrected chi connectivity index (χ0v) is 29.8. The Balaban J connectivity index is 1.18. The van der Waals surface area contributed by atoms with Gasteiger partial charge >= 0.3 is 0 Å². The number of furan rings is 1. The SMILES string of the molecule is c1ccc(-c2ccc(N(c3cccc4c3-c3ccccc3C43c4ccccc4-c4ccccc43)c3cccc4oc5cc6ccncc6cc5c34)cc2)cc1. The van der Waals surface area contributed by atoms with Gasteiger partial charge in [0.2, 0.25) is 0 Å². The maximum absolute atomic E-state index is 6.66. The summed E-state index contributed by atoms with van der Waals surface area (Å²) < 4.78 is 6.66. The summed E-state index contributed by atoms with van der Waals surface area (Å²) in [5.74, 6) is 0. The molecule has 0 atom stereocenters. The van der Waals surface area contributed by atoms with Crippen molar-refractivity contribution in [3.8, 4) is 33.4 Å². The van der Waals surface area contributed by atoms with E-state index in [-0.39, 0.29) is 0 Å². The first-order chi connectivity index (χ1) is 27.3. The zero-order valence-electron chi connectivity index (χ0n) is 29.8. The topological polar surface area (TPSA) is 29.3 Å². The van der Waals surface area contributed by atoms with E-state index in [1.54, 1.807) is 0 Å². The summed E-state index contributed by atoms with van der Waals surface area (Å²) in [4.78, 5) is 6.92. The van der Waals surface area contributed by atoms with Crippen LogP contribution in [0.1, 0.15) is 22.3 Å². The summed E-state index contributed by atoms with van der Waals surface area (Å²) in [5.41, 5.74) is 17.3. The standard InChI is InChI=1S/C52H32N2O/c1-2-12-33(13-3-1)34-24-26-37(27-25-34)54(47-22-11-23-48-51(47)41-30-36-32-53-29-28-35(36)31-49(41)55-48)46-21-10-20-45-50(46)40-16-6-9-19-44(40)52(45)42-17-7-4-14-38(42)39-15-5-8-18-43(39)52/h1-32H. The molecular weight excluding hydrogens is 669 g/mol. The van der Waals surface area contributed by atoms with Crippen molar-refractivity contribution in [2.75, 3.05) is 4.90 Å².